The Balaban J connectivity index is 1.53. The minimum absolute atomic E-state index is 0.762. The number of rotatable bonds is 4. The monoisotopic (exact) mass is 244 g/mol. The maximum Gasteiger partial charge on any atom is 0.0233 e. The highest BCUT2D eigenvalue weighted by molar-refractivity contribution is 5.28. The Labute approximate surface area is 110 Å². The van der Waals surface area contributed by atoms with E-state index in [0.717, 1.165) is 24.9 Å². The fourth-order valence-electron chi connectivity index (χ4n) is 2.95. The van der Waals surface area contributed by atoms with Gasteiger partial charge in [-0.05, 0) is 68.3 Å². The number of nitrogens with two attached hydrogens (primary N) is 1. The van der Waals surface area contributed by atoms with Gasteiger partial charge in [0.05, 0.1) is 0 Å². The summed E-state index contributed by atoms with van der Waals surface area (Å²) in [5.41, 5.74) is 8.74. The lowest BCUT2D eigenvalue weighted by Gasteiger charge is -2.31. The molecule has 2 heteroatoms. The summed E-state index contributed by atoms with van der Waals surface area (Å²) in [6, 6.07) is 9.31. The van der Waals surface area contributed by atoms with Crippen LogP contribution >= 0.6 is 0 Å². The fraction of sp³-hybridized carbons (Fsp3) is 0.625. The summed E-state index contributed by atoms with van der Waals surface area (Å²) in [5.74, 6) is 1.64. The Kier molecular flexibility index (Phi) is 3.67. The minimum atomic E-state index is 0.762. The zero-order valence-corrected chi connectivity index (χ0v) is 11.1. The third-order valence-corrected chi connectivity index (χ3v) is 4.48. The summed E-state index contributed by atoms with van der Waals surface area (Å²) in [6.45, 7) is 4.41. The summed E-state index contributed by atoms with van der Waals surface area (Å²) in [6.07, 6.45) is 5.34. The highest BCUT2D eigenvalue weighted by Crippen LogP contribution is 2.39. The van der Waals surface area contributed by atoms with Crippen LogP contribution in [-0.2, 0) is 6.54 Å². The second-order valence-corrected chi connectivity index (χ2v) is 5.97. The zero-order chi connectivity index (χ0) is 12.4. The molecule has 18 heavy (non-hydrogen) atoms. The van der Waals surface area contributed by atoms with E-state index in [1.807, 2.05) is 0 Å². The third kappa shape index (κ3) is 2.93. The molecule has 2 aliphatic rings. The number of nitrogens with zero attached hydrogens (tertiary/aromatic N) is 1. The van der Waals surface area contributed by atoms with E-state index in [1.54, 1.807) is 5.56 Å². The maximum atomic E-state index is 5.73. The molecule has 3 rings (SSSR count). The lowest BCUT2D eigenvalue weighted by atomic mass is 9.96. The fourth-order valence-corrected chi connectivity index (χ4v) is 2.95. The van der Waals surface area contributed by atoms with Crippen LogP contribution in [-0.4, -0.2) is 24.5 Å². The smallest absolute Gasteiger partial charge is 0.0233 e. The number of piperidine rings is 1. The molecule has 2 nitrogen and oxygen atoms in total. The van der Waals surface area contributed by atoms with Gasteiger partial charge in [0.1, 0.15) is 0 Å². The molecule has 1 aromatic rings. The van der Waals surface area contributed by atoms with Gasteiger partial charge in [0.2, 0.25) is 0 Å². The van der Waals surface area contributed by atoms with Gasteiger partial charge < -0.3 is 5.73 Å². The molecule has 0 amide bonds. The van der Waals surface area contributed by atoms with Crippen molar-refractivity contribution in [3.05, 3.63) is 35.4 Å². The largest absolute Gasteiger partial charge is 0.330 e. The second kappa shape index (κ2) is 5.41. The SMILES string of the molecule is NCC1CCN(Cc2ccc(C3CC3)cc2)CC1. The third-order valence-electron chi connectivity index (χ3n) is 4.48. The normalized spacial score (nSPS) is 22.3. The van der Waals surface area contributed by atoms with E-state index in [4.69, 9.17) is 5.73 Å². The van der Waals surface area contributed by atoms with Crippen molar-refractivity contribution in [2.24, 2.45) is 11.7 Å². The Morgan fingerprint density at radius 1 is 1.00 bits per heavy atom. The van der Waals surface area contributed by atoms with Crippen LogP contribution in [0.2, 0.25) is 0 Å². The summed E-state index contributed by atoms with van der Waals surface area (Å²) in [5, 5.41) is 0. The summed E-state index contributed by atoms with van der Waals surface area (Å²) in [4.78, 5) is 2.57. The zero-order valence-electron chi connectivity index (χ0n) is 11.1. The van der Waals surface area contributed by atoms with Gasteiger partial charge in [-0.2, -0.15) is 0 Å². The van der Waals surface area contributed by atoms with E-state index in [9.17, 15) is 0 Å². The van der Waals surface area contributed by atoms with Crippen LogP contribution in [0.25, 0.3) is 0 Å². The van der Waals surface area contributed by atoms with Crippen molar-refractivity contribution in [1.29, 1.82) is 0 Å². The molecule has 1 aliphatic heterocycles. The van der Waals surface area contributed by atoms with Crippen LogP contribution in [0.1, 0.15) is 42.7 Å². The van der Waals surface area contributed by atoms with Crippen LogP contribution in [0, 0.1) is 5.92 Å². The quantitative estimate of drug-likeness (QED) is 0.882. The van der Waals surface area contributed by atoms with Crippen molar-refractivity contribution in [3.8, 4) is 0 Å². The number of likely N-dealkylation sites (tertiary alicyclic amines) is 1. The van der Waals surface area contributed by atoms with Crippen molar-refractivity contribution < 1.29 is 0 Å². The molecule has 1 aliphatic carbocycles. The Hall–Kier alpha value is -0.860. The average Bonchev–Trinajstić information content (AvgIpc) is 3.25. The first-order valence-electron chi connectivity index (χ1n) is 7.36. The van der Waals surface area contributed by atoms with E-state index in [2.05, 4.69) is 29.2 Å². The molecule has 1 heterocycles. The predicted molar refractivity (Wildman–Crippen MR) is 75.5 cm³/mol. The van der Waals surface area contributed by atoms with Crippen molar-refractivity contribution in [2.75, 3.05) is 19.6 Å². The molecule has 0 spiro atoms. The van der Waals surface area contributed by atoms with Crippen molar-refractivity contribution in [1.82, 2.24) is 4.90 Å². The van der Waals surface area contributed by atoms with E-state index >= 15 is 0 Å². The van der Waals surface area contributed by atoms with Gasteiger partial charge in [0.25, 0.3) is 0 Å². The van der Waals surface area contributed by atoms with E-state index in [-0.39, 0.29) is 0 Å². The first-order valence-corrected chi connectivity index (χ1v) is 7.36. The molecular formula is C16H24N2. The van der Waals surface area contributed by atoms with Gasteiger partial charge >= 0.3 is 0 Å². The standard InChI is InChI=1S/C16H24N2/c17-11-13-7-9-18(10-8-13)12-14-1-3-15(4-2-14)16-5-6-16/h1-4,13,16H,5-12,17H2. The van der Waals surface area contributed by atoms with Gasteiger partial charge in [0.15, 0.2) is 0 Å². The lowest BCUT2D eigenvalue weighted by molar-refractivity contribution is 0.180. The molecule has 2 N–H and O–H groups in total. The van der Waals surface area contributed by atoms with E-state index < -0.39 is 0 Å². The summed E-state index contributed by atoms with van der Waals surface area (Å²) >= 11 is 0. The highest BCUT2D eigenvalue weighted by atomic mass is 15.1. The van der Waals surface area contributed by atoms with Gasteiger partial charge in [0, 0.05) is 6.54 Å². The van der Waals surface area contributed by atoms with Gasteiger partial charge in [-0.15, -0.1) is 0 Å². The summed E-state index contributed by atoms with van der Waals surface area (Å²) < 4.78 is 0. The first-order chi connectivity index (χ1) is 8.85. The van der Waals surface area contributed by atoms with Crippen molar-refractivity contribution >= 4 is 0 Å². The Morgan fingerprint density at radius 2 is 1.67 bits per heavy atom. The first kappa shape index (κ1) is 12.2. The molecule has 98 valence electrons. The molecule has 1 saturated carbocycles. The van der Waals surface area contributed by atoms with Gasteiger partial charge in [-0.25, -0.2) is 0 Å². The maximum absolute atomic E-state index is 5.73. The van der Waals surface area contributed by atoms with Crippen molar-refractivity contribution in [3.63, 3.8) is 0 Å². The van der Waals surface area contributed by atoms with Crippen LogP contribution in [0.4, 0.5) is 0 Å². The Morgan fingerprint density at radius 3 is 2.22 bits per heavy atom. The molecule has 2 fully saturated rings. The molecule has 0 bridgehead atoms. The number of hydrogen-bond donors (Lipinski definition) is 1. The van der Waals surface area contributed by atoms with Crippen LogP contribution in [0.15, 0.2) is 24.3 Å². The summed E-state index contributed by atoms with van der Waals surface area (Å²) in [7, 11) is 0. The molecular weight excluding hydrogens is 220 g/mol. The molecule has 0 unspecified atom stereocenters. The lowest BCUT2D eigenvalue weighted by Crippen LogP contribution is -2.35. The second-order valence-electron chi connectivity index (χ2n) is 5.97. The van der Waals surface area contributed by atoms with Gasteiger partial charge in [-0.1, -0.05) is 24.3 Å². The van der Waals surface area contributed by atoms with E-state index in [1.165, 1.54) is 44.3 Å². The Bertz CT molecular complexity index is 373. The molecule has 0 aromatic heterocycles. The predicted octanol–water partition coefficient (Wildman–Crippen LogP) is 2.73. The number of hydrogen-bond acceptors (Lipinski definition) is 2. The van der Waals surface area contributed by atoms with E-state index in [0.29, 0.717) is 0 Å². The highest BCUT2D eigenvalue weighted by Gasteiger charge is 2.23. The topological polar surface area (TPSA) is 29.3 Å². The molecule has 0 radical (unpaired) electrons. The van der Waals surface area contributed by atoms with Crippen LogP contribution in [0.3, 0.4) is 0 Å². The average molecular weight is 244 g/mol. The molecule has 0 atom stereocenters. The number of benzene rings is 1. The molecule has 1 saturated heterocycles. The molecule has 1 aromatic carbocycles. The minimum Gasteiger partial charge on any atom is -0.330 e. The van der Waals surface area contributed by atoms with Crippen molar-refractivity contribution in [2.45, 2.75) is 38.1 Å². The van der Waals surface area contributed by atoms with Crippen LogP contribution in [0.5, 0.6) is 0 Å². The van der Waals surface area contributed by atoms with Crippen LogP contribution < -0.4 is 5.73 Å². The van der Waals surface area contributed by atoms with Gasteiger partial charge in [-0.3, -0.25) is 4.90 Å².